The van der Waals surface area contributed by atoms with E-state index in [1.54, 1.807) is 11.1 Å². The van der Waals surface area contributed by atoms with E-state index in [9.17, 15) is 0 Å². The molecule has 2 heterocycles. The van der Waals surface area contributed by atoms with Gasteiger partial charge in [0.15, 0.2) is 0 Å². The van der Waals surface area contributed by atoms with Crippen LogP contribution in [-0.2, 0) is 12.8 Å². The van der Waals surface area contributed by atoms with Gasteiger partial charge in [-0.1, -0.05) is 24.3 Å². The summed E-state index contributed by atoms with van der Waals surface area (Å²) in [5.41, 5.74) is 3.19. The molecule has 2 heteroatoms. The van der Waals surface area contributed by atoms with Crippen molar-refractivity contribution in [3.8, 4) is 0 Å². The third-order valence-corrected chi connectivity index (χ3v) is 5.25. The second-order valence-corrected chi connectivity index (χ2v) is 6.30. The highest BCUT2D eigenvalue weighted by molar-refractivity contribution is 5.30. The molecule has 2 fully saturated rings. The molecule has 0 radical (unpaired) electrons. The monoisotopic (exact) mass is 242 g/mol. The summed E-state index contributed by atoms with van der Waals surface area (Å²) >= 11 is 0. The molecule has 3 atom stereocenters. The minimum atomic E-state index is 0.811. The highest BCUT2D eigenvalue weighted by Crippen LogP contribution is 2.32. The van der Waals surface area contributed by atoms with Gasteiger partial charge in [0.25, 0.3) is 0 Å². The number of hydrogen-bond acceptors (Lipinski definition) is 2. The predicted molar refractivity (Wildman–Crippen MR) is 73.7 cm³/mol. The molecule has 1 N–H and O–H groups in total. The first-order valence-electron chi connectivity index (χ1n) is 7.42. The average molecular weight is 242 g/mol. The zero-order chi connectivity index (χ0) is 11.9. The molecule has 0 aromatic heterocycles. The van der Waals surface area contributed by atoms with Crippen LogP contribution in [0.25, 0.3) is 0 Å². The molecule has 18 heavy (non-hydrogen) atoms. The van der Waals surface area contributed by atoms with Crippen LogP contribution in [0.3, 0.4) is 0 Å². The summed E-state index contributed by atoms with van der Waals surface area (Å²) in [5, 5.41) is 3.54. The second kappa shape index (κ2) is 4.36. The quantitative estimate of drug-likeness (QED) is 0.806. The lowest BCUT2D eigenvalue weighted by Crippen LogP contribution is -2.39. The SMILES string of the molecule is c1ccc2c(c1)CCC(N1CC3CNCC3C1)C2. The smallest absolute Gasteiger partial charge is 0.0139 e. The Morgan fingerprint density at radius 3 is 2.50 bits per heavy atom. The first-order chi connectivity index (χ1) is 8.90. The molecule has 2 aliphatic heterocycles. The Balaban J connectivity index is 1.48. The largest absolute Gasteiger partial charge is 0.316 e. The Morgan fingerprint density at radius 2 is 1.72 bits per heavy atom. The molecule has 4 rings (SSSR count). The van der Waals surface area contributed by atoms with Gasteiger partial charge in [-0.15, -0.1) is 0 Å². The van der Waals surface area contributed by atoms with E-state index in [1.165, 1.54) is 45.4 Å². The highest BCUT2D eigenvalue weighted by Gasteiger charge is 2.39. The molecule has 3 unspecified atom stereocenters. The second-order valence-electron chi connectivity index (χ2n) is 6.30. The molecule has 3 aliphatic rings. The standard InChI is InChI=1S/C16H22N2/c1-2-4-13-7-16(6-5-12(13)3-1)18-10-14-8-17-9-15(14)11-18/h1-4,14-17H,5-11H2. The Hall–Kier alpha value is -0.860. The predicted octanol–water partition coefficient (Wildman–Crippen LogP) is 1.70. The summed E-state index contributed by atoms with van der Waals surface area (Å²) < 4.78 is 0. The van der Waals surface area contributed by atoms with E-state index in [0.29, 0.717) is 0 Å². The lowest BCUT2D eigenvalue weighted by atomic mass is 9.87. The minimum absolute atomic E-state index is 0.811. The van der Waals surface area contributed by atoms with E-state index in [2.05, 4.69) is 34.5 Å². The van der Waals surface area contributed by atoms with E-state index in [1.807, 2.05) is 0 Å². The molecule has 0 spiro atoms. The van der Waals surface area contributed by atoms with Crippen molar-refractivity contribution in [1.82, 2.24) is 10.2 Å². The van der Waals surface area contributed by atoms with E-state index in [-0.39, 0.29) is 0 Å². The molecular weight excluding hydrogens is 220 g/mol. The Kier molecular flexibility index (Phi) is 2.66. The van der Waals surface area contributed by atoms with Crippen LogP contribution in [0, 0.1) is 11.8 Å². The summed E-state index contributed by atoms with van der Waals surface area (Å²) in [4.78, 5) is 2.78. The summed E-state index contributed by atoms with van der Waals surface area (Å²) in [6.45, 7) is 5.18. The van der Waals surface area contributed by atoms with Crippen LogP contribution < -0.4 is 5.32 Å². The van der Waals surface area contributed by atoms with E-state index in [0.717, 1.165) is 17.9 Å². The van der Waals surface area contributed by atoms with Crippen molar-refractivity contribution < 1.29 is 0 Å². The molecule has 2 saturated heterocycles. The Labute approximate surface area is 109 Å². The number of hydrogen-bond donors (Lipinski definition) is 1. The number of nitrogens with zero attached hydrogens (tertiary/aromatic N) is 1. The van der Waals surface area contributed by atoms with Gasteiger partial charge in [-0.2, -0.15) is 0 Å². The Bertz CT molecular complexity index is 430. The van der Waals surface area contributed by atoms with Crippen LogP contribution >= 0.6 is 0 Å². The van der Waals surface area contributed by atoms with Gasteiger partial charge in [0.2, 0.25) is 0 Å². The van der Waals surface area contributed by atoms with Gasteiger partial charge in [0, 0.05) is 19.1 Å². The van der Waals surface area contributed by atoms with Gasteiger partial charge in [-0.05, 0) is 55.3 Å². The fourth-order valence-electron chi connectivity index (χ4n) is 4.18. The molecule has 96 valence electrons. The number of fused-ring (bicyclic) bond motifs is 2. The molecule has 1 aliphatic carbocycles. The van der Waals surface area contributed by atoms with Gasteiger partial charge >= 0.3 is 0 Å². The highest BCUT2D eigenvalue weighted by atomic mass is 15.2. The molecular formula is C16H22N2. The maximum Gasteiger partial charge on any atom is 0.0139 e. The molecule has 0 bridgehead atoms. The van der Waals surface area contributed by atoms with Crippen LogP contribution in [0.4, 0.5) is 0 Å². The number of likely N-dealkylation sites (tertiary alicyclic amines) is 1. The van der Waals surface area contributed by atoms with Crippen molar-refractivity contribution in [3.63, 3.8) is 0 Å². The van der Waals surface area contributed by atoms with Crippen LogP contribution in [0.5, 0.6) is 0 Å². The molecule has 1 aromatic carbocycles. The van der Waals surface area contributed by atoms with Gasteiger partial charge < -0.3 is 5.32 Å². The summed E-state index contributed by atoms with van der Waals surface area (Å²) in [7, 11) is 0. The minimum Gasteiger partial charge on any atom is -0.316 e. The van der Waals surface area contributed by atoms with Crippen molar-refractivity contribution in [2.45, 2.75) is 25.3 Å². The number of rotatable bonds is 1. The zero-order valence-electron chi connectivity index (χ0n) is 10.9. The van der Waals surface area contributed by atoms with E-state index < -0.39 is 0 Å². The number of aryl methyl sites for hydroxylation is 1. The Morgan fingerprint density at radius 1 is 1.00 bits per heavy atom. The van der Waals surface area contributed by atoms with Crippen molar-refractivity contribution >= 4 is 0 Å². The van der Waals surface area contributed by atoms with Gasteiger partial charge in [-0.3, -0.25) is 4.90 Å². The zero-order valence-corrected chi connectivity index (χ0v) is 10.9. The van der Waals surface area contributed by atoms with Crippen molar-refractivity contribution in [2.75, 3.05) is 26.2 Å². The maximum atomic E-state index is 3.54. The first-order valence-corrected chi connectivity index (χ1v) is 7.42. The normalized spacial score (nSPS) is 35.4. The van der Waals surface area contributed by atoms with Crippen molar-refractivity contribution in [1.29, 1.82) is 0 Å². The van der Waals surface area contributed by atoms with E-state index in [4.69, 9.17) is 0 Å². The topological polar surface area (TPSA) is 15.3 Å². The third-order valence-electron chi connectivity index (χ3n) is 5.25. The van der Waals surface area contributed by atoms with E-state index >= 15 is 0 Å². The lowest BCUT2D eigenvalue weighted by molar-refractivity contribution is 0.207. The third kappa shape index (κ3) is 1.79. The molecule has 0 amide bonds. The fraction of sp³-hybridized carbons (Fsp3) is 0.625. The van der Waals surface area contributed by atoms with Crippen LogP contribution in [0.1, 0.15) is 17.5 Å². The van der Waals surface area contributed by atoms with Crippen LogP contribution in [0.15, 0.2) is 24.3 Å². The molecule has 1 aromatic rings. The van der Waals surface area contributed by atoms with Gasteiger partial charge in [0.05, 0.1) is 0 Å². The van der Waals surface area contributed by atoms with Crippen LogP contribution in [0.2, 0.25) is 0 Å². The van der Waals surface area contributed by atoms with Crippen LogP contribution in [-0.4, -0.2) is 37.1 Å². The van der Waals surface area contributed by atoms with Crippen molar-refractivity contribution in [2.24, 2.45) is 11.8 Å². The fourth-order valence-corrected chi connectivity index (χ4v) is 4.18. The summed E-state index contributed by atoms with van der Waals surface area (Å²) in [6, 6.07) is 9.84. The maximum absolute atomic E-state index is 3.54. The van der Waals surface area contributed by atoms with Gasteiger partial charge in [0.1, 0.15) is 0 Å². The van der Waals surface area contributed by atoms with Crippen molar-refractivity contribution in [3.05, 3.63) is 35.4 Å². The number of nitrogens with one attached hydrogen (secondary N) is 1. The molecule has 0 saturated carbocycles. The lowest BCUT2D eigenvalue weighted by Gasteiger charge is -2.33. The first kappa shape index (κ1) is 11.0. The summed E-state index contributed by atoms with van der Waals surface area (Å²) in [5.74, 6) is 1.87. The summed E-state index contributed by atoms with van der Waals surface area (Å²) in [6.07, 6.45) is 3.93. The van der Waals surface area contributed by atoms with Gasteiger partial charge in [-0.25, -0.2) is 0 Å². The average Bonchev–Trinajstić information content (AvgIpc) is 2.99. The number of benzene rings is 1. The molecule has 2 nitrogen and oxygen atoms in total.